The van der Waals surface area contributed by atoms with E-state index in [1.165, 1.54) is 0 Å². The van der Waals surface area contributed by atoms with Gasteiger partial charge in [-0.2, -0.15) is 0 Å². The second-order valence-electron chi connectivity index (χ2n) is 4.37. The van der Waals surface area contributed by atoms with Crippen LogP contribution in [0.3, 0.4) is 0 Å². The van der Waals surface area contributed by atoms with E-state index in [1.807, 2.05) is 30.3 Å². The van der Waals surface area contributed by atoms with Crippen molar-refractivity contribution in [1.82, 2.24) is 0 Å². The summed E-state index contributed by atoms with van der Waals surface area (Å²) in [4.78, 5) is 11.1. The molecule has 0 radical (unpaired) electrons. The maximum absolute atomic E-state index is 11.4. The molecule has 0 saturated carbocycles. The van der Waals surface area contributed by atoms with Crippen LogP contribution in [0.4, 0.5) is 0 Å². The normalized spacial score (nSPS) is 25.0. The van der Waals surface area contributed by atoms with Gasteiger partial charge in [0, 0.05) is 4.47 Å². The van der Waals surface area contributed by atoms with Crippen LogP contribution in [0.2, 0.25) is 0 Å². The van der Waals surface area contributed by atoms with Gasteiger partial charge in [-0.15, -0.1) is 0 Å². The fourth-order valence-electron chi connectivity index (χ4n) is 2.22. The number of epoxide rings is 1. The minimum absolute atomic E-state index is 0.352. The molecule has 19 heavy (non-hydrogen) atoms. The van der Waals surface area contributed by atoms with E-state index in [4.69, 9.17) is 4.74 Å². The molecule has 1 aliphatic heterocycles. The number of hydrogen-bond donors (Lipinski definition) is 0. The van der Waals surface area contributed by atoms with Gasteiger partial charge in [-0.1, -0.05) is 46.3 Å². The first-order chi connectivity index (χ1) is 9.14. The molecule has 1 aliphatic rings. The molecule has 0 amide bonds. The van der Waals surface area contributed by atoms with Gasteiger partial charge < -0.3 is 0 Å². The fourth-order valence-corrected chi connectivity index (χ4v) is 2.48. The van der Waals surface area contributed by atoms with Gasteiger partial charge in [0.05, 0.1) is 10.5 Å². The minimum atomic E-state index is -1.44. The summed E-state index contributed by atoms with van der Waals surface area (Å²) in [5, 5.41) is 11.4. The van der Waals surface area contributed by atoms with Crippen LogP contribution in [0.5, 0.6) is 0 Å². The Balaban J connectivity index is 1.99. The van der Waals surface area contributed by atoms with E-state index < -0.39 is 11.8 Å². The molecular weight excluding hydrogens is 310 g/mol. The third kappa shape index (κ3) is 1.95. The SMILES string of the molecule is O=[N+]([O-])C1(c2ccccc2)OC1c1ccc(Br)cc1. The summed E-state index contributed by atoms with van der Waals surface area (Å²) in [6, 6.07) is 16.2. The first-order valence-corrected chi connectivity index (χ1v) is 6.57. The van der Waals surface area contributed by atoms with Crippen LogP contribution in [0, 0.1) is 10.1 Å². The topological polar surface area (TPSA) is 55.7 Å². The molecule has 0 N–H and O–H groups in total. The third-order valence-corrected chi connectivity index (χ3v) is 3.76. The van der Waals surface area contributed by atoms with Gasteiger partial charge in [-0.3, -0.25) is 14.9 Å². The van der Waals surface area contributed by atoms with E-state index in [0.29, 0.717) is 5.56 Å². The zero-order chi connectivity index (χ0) is 13.5. The quantitative estimate of drug-likeness (QED) is 0.493. The van der Waals surface area contributed by atoms with Gasteiger partial charge in [0.15, 0.2) is 6.10 Å². The summed E-state index contributed by atoms with van der Waals surface area (Å²) in [5.41, 5.74) is -0.0496. The first kappa shape index (κ1) is 12.3. The molecule has 1 heterocycles. The second kappa shape index (κ2) is 4.43. The Kier molecular flexibility index (Phi) is 2.88. The van der Waals surface area contributed by atoms with E-state index in [-0.39, 0.29) is 4.92 Å². The maximum Gasteiger partial charge on any atom is 0.382 e. The molecule has 1 fully saturated rings. The van der Waals surface area contributed by atoms with Gasteiger partial charge in [-0.05, 0) is 29.8 Å². The van der Waals surface area contributed by atoms with Crippen LogP contribution in [0.1, 0.15) is 17.2 Å². The van der Waals surface area contributed by atoms with Crippen LogP contribution in [-0.4, -0.2) is 4.92 Å². The predicted molar refractivity (Wildman–Crippen MR) is 73.1 cm³/mol. The predicted octanol–water partition coefficient (Wildman–Crippen LogP) is 3.65. The Morgan fingerprint density at radius 1 is 1.11 bits per heavy atom. The molecule has 5 heteroatoms. The lowest BCUT2D eigenvalue weighted by atomic mass is 9.99. The van der Waals surface area contributed by atoms with Gasteiger partial charge >= 0.3 is 5.72 Å². The van der Waals surface area contributed by atoms with Crippen LogP contribution in [-0.2, 0) is 10.5 Å². The van der Waals surface area contributed by atoms with E-state index in [2.05, 4.69) is 15.9 Å². The molecule has 96 valence electrons. The van der Waals surface area contributed by atoms with Crippen molar-refractivity contribution in [1.29, 1.82) is 0 Å². The highest BCUT2D eigenvalue weighted by atomic mass is 79.9. The van der Waals surface area contributed by atoms with Gasteiger partial charge in [0.1, 0.15) is 0 Å². The molecule has 1 saturated heterocycles. The van der Waals surface area contributed by atoms with Crippen molar-refractivity contribution in [2.45, 2.75) is 11.8 Å². The van der Waals surface area contributed by atoms with Crippen LogP contribution in [0.15, 0.2) is 59.1 Å². The Morgan fingerprint density at radius 3 is 2.32 bits per heavy atom. The summed E-state index contributed by atoms with van der Waals surface area (Å²) in [6.45, 7) is 0. The second-order valence-corrected chi connectivity index (χ2v) is 5.28. The van der Waals surface area contributed by atoms with E-state index in [9.17, 15) is 10.1 Å². The molecule has 4 nitrogen and oxygen atoms in total. The fraction of sp³-hybridized carbons (Fsp3) is 0.143. The zero-order valence-corrected chi connectivity index (χ0v) is 11.4. The lowest BCUT2D eigenvalue weighted by Crippen LogP contribution is -2.21. The van der Waals surface area contributed by atoms with Gasteiger partial charge in [0.25, 0.3) is 0 Å². The number of benzene rings is 2. The third-order valence-electron chi connectivity index (χ3n) is 3.23. The molecule has 2 aromatic carbocycles. The van der Waals surface area contributed by atoms with Crippen molar-refractivity contribution in [3.05, 3.63) is 80.3 Å². The number of nitro groups is 1. The molecule has 0 bridgehead atoms. The van der Waals surface area contributed by atoms with E-state index in [1.54, 1.807) is 24.3 Å². The van der Waals surface area contributed by atoms with Crippen molar-refractivity contribution in [3.8, 4) is 0 Å². The average molecular weight is 320 g/mol. The number of halogens is 1. The average Bonchev–Trinajstić information content (AvgIpc) is 3.17. The van der Waals surface area contributed by atoms with Crippen molar-refractivity contribution in [2.75, 3.05) is 0 Å². The summed E-state index contributed by atoms with van der Waals surface area (Å²) in [5.74, 6) is 0. The maximum atomic E-state index is 11.4. The summed E-state index contributed by atoms with van der Waals surface area (Å²) in [6.07, 6.45) is -0.530. The van der Waals surface area contributed by atoms with Crippen LogP contribution >= 0.6 is 15.9 Å². The zero-order valence-electron chi connectivity index (χ0n) is 9.82. The summed E-state index contributed by atoms with van der Waals surface area (Å²) in [7, 11) is 0. The molecule has 0 spiro atoms. The number of ether oxygens (including phenoxy) is 1. The van der Waals surface area contributed by atoms with E-state index in [0.717, 1.165) is 10.0 Å². The largest absolute Gasteiger partial charge is 0.382 e. The Bertz CT molecular complexity index is 614. The Labute approximate surface area is 118 Å². The Hall–Kier alpha value is -1.72. The smallest absolute Gasteiger partial charge is 0.289 e. The molecular formula is C14H10BrNO3. The van der Waals surface area contributed by atoms with Gasteiger partial charge in [0.2, 0.25) is 0 Å². The number of rotatable bonds is 3. The lowest BCUT2D eigenvalue weighted by molar-refractivity contribution is -0.572. The van der Waals surface area contributed by atoms with Crippen molar-refractivity contribution < 1.29 is 9.66 Å². The standard InChI is InChI=1S/C14H10BrNO3/c15-12-8-6-10(7-9-12)13-14(19-13,16(17)18)11-4-2-1-3-5-11/h1-9,13H. The lowest BCUT2D eigenvalue weighted by Gasteiger charge is -2.04. The van der Waals surface area contributed by atoms with Crippen LogP contribution < -0.4 is 0 Å². The monoisotopic (exact) mass is 319 g/mol. The van der Waals surface area contributed by atoms with Crippen LogP contribution in [0.25, 0.3) is 0 Å². The molecule has 2 atom stereocenters. The van der Waals surface area contributed by atoms with E-state index >= 15 is 0 Å². The molecule has 3 rings (SSSR count). The van der Waals surface area contributed by atoms with Crippen molar-refractivity contribution in [2.24, 2.45) is 0 Å². The van der Waals surface area contributed by atoms with Gasteiger partial charge in [-0.25, -0.2) is 0 Å². The summed E-state index contributed by atoms with van der Waals surface area (Å²) >= 11 is 3.34. The summed E-state index contributed by atoms with van der Waals surface area (Å²) < 4.78 is 6.40. The highest BCUT2D eigenvalue weighted by molar-refractivity contribution is 9.10. The number of nitrogens with zero attached hydrogens (tertiary/aromatic N) is 1. The Morgan fingerprint density at radius 2 is 1.74 bits per heavy atom. The number of hydrogen-bond acceptors (Lipinski definition) is 3. The van der Waals surface area contributed by atoms with Crippen molar-refractivity contribution >= 4 is 15.9 Å². The minimum Gasteiger partial charge on any atom is -0.289 e. The highest BCUT2D eigenvalue weighted by Gasteiger charge is 2.71. The van der Waals surface area contributed by atoms with Crippen molar-refractivity contribution in [3.63, 3.8) is 0 Å². The molecule has 0 aromatic heterocycles. The molecule has 0 aliphatic carbocycles. The first-order valence-electron chi connectivity index (χ1n) is 5.78. The molecule has 2 unspecified atom stereocenters. The molecule has 2 aromatic rings. The highest BCUT2D eigenvalue weighted by Crippen LogP contribution is 2.57.